The molecule has 0 aliphatic heterocycles. The Morgan fingerprint density at radius 3 is 2.73 bits per heavy atom. The first-order chi connectivity index (χ1) is 14.7. The zero-order valence-corrected chi connectivity index (χ0v) is 18.9. The number of thioether (sulfide) groups is 1. The molecule has 1 aromatic carbocycles. The lowest BCUT2D eigenvalue weighted by atomic mass is 10.1. The summed E-state index contributed by atoms with van der Waals surface area (Å²) in [5.41, 5.74) is 2.17. The van der Waals surface area contributed by atoms with Gasteiger partial charge in [0.25, 0.3) is 0 Å². The van der Waals surface area contributed by atoms with Crippen molar-refractivity contribution < 1.29 is 4.79 Å². The van der Waals surface area contributed by atoms with Gasteiger partial charge in [0, 0.05) is 23.2 Å². The van der Waals surface area contributed by atoms with Crippen molar-refractivity contribution in [1.29, 1.82) is 0 Å². The molecule has 1 N–H and O–H groups in total. The number of amides is 1. The zero-order valence-electron chi connectivity index (χ0n) is 16.4. The number of aryl methyl sites for hydroxylation is 2. The van der Waals surface area contributed by atoms with E-state index in [0.29, 0.717) is 5.13 Å². The van der Waals surface area contributed by atoms with Crippen molar-refractivity contribution in [2.75, 3.05) is 11.1 Å². The second-order valence-electron chi connectivity index (χ2n) is 6.67. The topological polar surface area (TPSA) is 72.7 Å². The third kappa shape index (κ3) is 5.56. The van der Waals surface area contributed by atoms with Gasteiger partial charge in [-0.2, -0.15) is 0 Å². The summed E-state index contributed by atoms with van der Waals surface area (Å²) >= 11 is 4.55. The van der Waals surface area contributed by atoms with Crippen LogP contribution in [-0.2, 0) is 24.2 Å². The van der Waals surface area contributed by atoms with Gasteiger partial charge in [-0.15, -0.1) is 32.9 Å². The Morgan fingerprint density at radius 1 is 1.13 bits per heavy atom. The standard InChI is InChI=1S/C21H21N5OS3/c1-15-13-29-20(22-15)23-19(27)14-30-21-25-24-18(12-17-8-5-11-28-17)26(21)10-9-16-6-3-2-4-7-16/h2-8,11,13H,9-10,12,14H2,1H3,(H,22,23,27). The van der Waals surface area contributed by atoms with E-state index in [4.69, 9.17) is 0 Å². The number of benzene rings is 1. The predicted octanol–water partition coefficient (Wildman–Crippen LogP) is 4.67. The van der Waals surface area contributed by atoms with Crippen LogP contribution in [-0.4, -0.2) is 31.4 Å². The van der Waals surface area contributed by atoms with Crippen molar-refractivity contribution >= 4 is 45.5 Å². The van der Waals surface area contributed by atoms with Crippen molar-refractivity contribution in [3.63, 3.8) is 0 Å². The molecule has 6 nitrogen and oxygen atoms in total. The Bertz CT molecular complexity index is 1090. The third-order valence-corrected chi connectivity index (χ3v) is 7.09. The van der Waals surface area contributed by atoms with Gasteiger partial charge in [-0.25, -0.2) is 4.98 Å². The van der Waals surface area contributed by atoms with E-state index in [1.807, 2.05) is 36.6 Å². The molecule has 0 fully saturated rings. The van der Waals surface area contributed by atoms with Gasteiger partial charge in [0.15, 0.2) is 10.3 Å². The Morgan fingerprint density at radius 2 is 2.00 bits per heavy atom. The number of anilines is 1. The monoisotopic (exact) mass is 455 g/mol. The van der Waals surface area contributed by atoms with Crippen LogP contribution in [0.3, 0.4) is 0 Å². The molecule has 0 unspecified atom stereocenters. The molecule has 0 saturated heterocycles. The summed E-state index contributed by atoms with van der Waals surface area (Å²) in [4.78, 5) is 17.9. The molecule has 0 bridgehead atoms. The minimum atomic E-state index is -0.0910. The second-order valence-corrected chi connectivity index (χ2v) is 9.51. The number of hydrogen-bond acceptors (Lipinski definition) is 7. The lowest BCUT2D eigenvalue weighted by molar-refractivity contribution is -0.113. The first kappa shape index (κ1) is 20.8. The van der Waals surface area contributed by atoms with Crippen LogP contribution in [0.25, 0.3) is 0 Å². The maximum Gasteiger partial charge on any atom is 0.236 e. The number of nitrogens with zero attached hydrogens (tertiary/aromatic N) is 4. The molecule has 0 spiro atoms. The van der Waals surface area contributed by atoms with E-state index in [1.54, 1.807) is 11.3 Å². The maximum atomic E-state index is 12.3. The number of carbonyl (C=O) groups is 1. The Balaban J connectivity index is 1.45. The highest BCUT2D eigenvalue weighted by Crippen LogP contribution is 2.22. The molecular formula is C21H21N5OS3. The molecule has 4 rings (SSSR count). The number of nitrogens with one attached hydrogen (secondary N) is 1. The van der Waals surface area contributed by atoms with Crippen LogP contribution in [0.4, 0.5) is 5.13 Å². The highest BCUT2D eigenvalue weighted by atomic mass is 32.2. The largest absolute Gasteiger partial charge is 0.305 e. The van der Waals surface area contributed by atoms with E-state index in [9.17, 15) is 4.79 Å². The van der Waals surface area contributed by atoms with Crippen LogP contribution in [0.15, 0.2) is 58.4 Å². The number of carbonyl (C=O) groups excluding carboxylic acids is 1. The average Bonchev–Trinajstić information content (AvgIpc) is 3.49. The minimum Gasteiger partial charge on any atom is -0.305 e. The fraction of sp³-hybridized carbons (Fsp3) is 0.238. The SMILES string of the molecule is Cc1csc(NC(=O)CSc2nnc(Cc3cccs3)n2CCc2ccccc2)n1. The van der Waals surface area contributed by atoms with Crippen LogP contribution in [0.1, 0.15) is 22.0 Å². The van der Waals surface area contributed by atoms with Crippen molar-refractivity contribution in [3.8, 4) is 0 Å². The van der Waals surface area contributed by atoms with E-state index in [0.717, 1.165) is 36.1 Å². The van der Waals surface area contributed by atoms with E-state index >= 15 is 0 Å². The van der Waals surface area contributed by atoms with Crippen LogP contribution < -0.4 is 5.32 Å². The Labute approximate surface area is 187 Å². The number of hydrogen-bond donors (Lipinski definition) is 1. The summed E-state index contributed by atoms with van der Waals surface area (Å²) in [6.07, 6.45) is 1.62. The molecule has 9 heteroatoms. The Kier molecular flexibility index (Phi) is 6.93. The molecule has 0 atom stereocenters. The molecule has 1 amide bonds. The average molecular weight is 456 g/mol. The predicted molar refractivity (Wildman–Crippen MR) is 123 cm³/mol. The molecule has 4 aromatic rings. The molecule has 0 saturated carbocycles. The van der Waals surface area contributed by atoms with Gasteiger partial charge in [0.2, 0.25) is 5.91 Å². The van der Waals surface area contributed by atoms with Gasteiger partial charge in [0.05, 0.1) is 11.4 Å². The summed E-state index contributed by atoms with van der Waals surface area (Å²) in [6, 6.07) is 14.5. The Hall–Kier alpha value is -2.49. The number of thiophene rings is 1. The molecule has 154 valence electrons. The van der Waals surface area contributed by atoms with Gasteiger partial charge < -0.3 is 9.88 Å². The van der Waals surface area contributed by atoms with Crippen LogP contribution in [0.5, 0.6) is 0 Å². The molecule has 0 aliphatic carbocycles. The van der Waals surface area contributed by atoms with E-state index in [1.165, 1.54) is 33.5 Å². The molecule has 30 heavy (non-hydrogen) atoms. The van der Waals surface area contributed by atoms with Gasteiger partial charge >= 0.3 is 0 Å². The van der Waals surface area contributed by atoms with E-state index in [2.05, 4.69) is 48.6 Å². The molecule has 0 aliphatic rings. The first-order valence-corrected chi connectivity index (χ1v) is 12.2. The fourth-order valence-electron chi connectivity index (χ4n) is 2.93. The zero-order chi connectivity index (χ0) is 20.8. The number of thiazole rings is 1. The molecule has 0 radical (unpaired) electrons. The second kappa shape index (κ2) is 10.0. The summed E-state index contributed by atoms with van der Waals surface area (Å²) in [5, 5.41) is 17.0. The minimum absolute atomic E-state index is 0.0910. The van der Waals surface area contributed by atoms with E-state index in [-0.39, 0.29) is 11.7 Å². The first-order valence-electron chi connectivity index (χ1n) is 9.50. The van der Waals surface area contributed by atoms with Crippen molar-refractivity contribution in [2.45, 2.75) is 31.5 Å². The molecule has 3 aromatic heterocycles. The third-order valence-electron chi connectivity index (χ3n) is 4.37. The molecule has 3 heterocycles. The fourth-order valence-corrected chi connectivity index (χ4v) is 5.12. The van der Waals surface area contributed by atoms with Crippen molar-refractivity contribution in [2.24, 2.45) is 0 Å². The number of aromatic nitrogens is 4. The summed E-state index contributed by atoms with van der Waals surface area (Å²) in [6.45, 7) is 2.68. The highest BCUT2D eigenvalue weighted by molar-refractivity contribution is 7.99. The van der Waals surface area contributed by atoms with Crippen LogP contribution >= 0.6 is 34.4 Å². The van der Waals surface area contributed by atoms with Gasteiger partial charge in [0.1, 0.15) is 5.82 Å². The van der Waals surface area contributed by atoms with Gasteiger partial charge in [-0.3, -0.25) is 4.79 Å². The lowest BCUT2D eigenvalue weighted by Crippen LogP contribution is -2.15. The summed E-state index contributed by atoms with van der Waals surface area (Å²) in [5.74, 6) is 1.10. The maximum absolute atomic E-state index is 12.3. The van der Waals surface area contributed by atoms with Crippen LogP contribution in [0, 0.1) is 6.92 Å². The highest BCUT2D eigenvalue weighted by Gasteiger charge is 2.16. The normalized spacial score (nSPS) is 11.0. The lowest BCUT2D eigenvalue weighted by Gasteiger charge is -2.10. The molecular weight excluding hydrogens is 434 g/mol. The summed E-state index contributed by atoms with van der Waals surface area (Å²) < 4.78 is 2.14. The van der Waals surface area contributed by atoms with Crippen molar-refractivity contribution in [1.82, 2.24) is 19.7 Å². The van der Waals surface area contributed by atoms with Crippen molar-refractivity contribution in [3.05, 3.63) is 75.2 Å². The summed E-state index contributed by atoms with van der Waals surface area (Å²) in [7, 11) is 0. The van der Waals surface area contributed by atoms with Gasteiger partial charge in [-0.1, -0.05) is 48.2 Å². The van der Waals surface area contributed by atoms with Gasteiger partial charge in [-0.05, 0) is 30.4 Å². The number of rotatable bonds is 9. The smallest absolute Gasteiger partial charge is 0.236 e. The van der Waals surface area contributed by atoms with Crippen LogP contribution in [0.2, 0.25) is 0 Å². The quantitative estimate of drug-likeness (QED) is 0.371. The van der Waals surface area contributed by atoms with E-state index < -0.39 is 0 Å².